The molecular weight excluding hydrogens is 250 g/mol. The average molecular weight is 267 g/mol. The molecule has 0 N–H and O–H groups in total. The molecule has 0 spiro atoms. The Bertz CT molecular complexity index is 681. The molecule has 4 heteroatoms. The van der Waals surface area contributed by atoms with Crippen LogP contribution in [-0.4, -0.2) is 9.55 Å². The van der Waals surface area contributed by atoms with Crippen LogP contribution in [0.25, 0.3) is 11.4 Å². The van der Waals surface area contributed by atoms with Gasteiger partial charge in [-0.15, -0.1) is 0 Å². The van der Waals surface area contributed by atoms with Gasteiger partial charge in [-0.1, -0.05) is 19.9 Å². The molecule has 0 aromatic carbocycles. The highest BCUT2D eigenvalue weighted by Gasteiger charge is 2.11. The van der Waals surface area contributed by atoms with E-state index in [0.717, 1.165) is 17.8 Å². The molecule has 0 saturated heterocycles. The van der Waals surface area contributed by atoms with Crippen molar-refractivity contribution in [2.75, 3.05) is 0 Å². The maximum atomic E-state index is 12.3. The highest BCUT2D eigenvalue weighted by Crippen LogP contribution is 2.16. The molecule has 0 unspecified atom stereocenters. The van der Waals surface area contributed by atoms with E-state index < -0.39 is 0 Å². The van der Waals surface area contributed by atoms with E-state index in [-0.39, 0.29) is 11.1 Å². The summed E-state index contributed by atoms with van der Waals surface area (Å²) in [6.07, 6.45) is 2.58. The Kier molecular flexibility index (Phi) is 4.31. The lowest BCUT2D eigenvalue weighted by Gasteiger charge is -2.14. The lowest BCUT2D eigenvalue weighted by molar-refractivity contribution is 0.510. The van der Waals surface area contributed by atoms with Gasteiger partial charge in [-0.05, 0) is 36.6 Å². The summed E-state index contributed by atoms with van der Waals surface area (Å²) in [6.45, 7) is 4.82. The molecule has 0 aliphatic carbocycles. The highest BCUT2D eigenvalue weighted by atomic mass is 16.1. The predicted molar refractivity (Wildman–Crippen MR) is 78.1 cm³/mol. The first-order chi connectivity index (χ1) is 9.63. The summed E-state index contributed by atoms with van der Waals surface area (Å²) < 4.78 is 1.65. The third kappa shape index (κ3) is 2.94. The van der Waals surface area contributed by atoms with Gasteiger partial charge in [-0.2, -0.15) is 5.26 Å². The second-order valence-electron chi connectivity index (χ2n) is 5.10. The molecule has 0 fully saturated rings. The van der Waals surface area contributed by atoms with Crippen LogP contribution in [0.2, 0.25) is 0 Å². The van der Waals surface area contributed by atoms with Gasteiger partial charge in [0.15, 0.2) is 0 Å². The van der Waals surface area contributed by atoms with Crippen molar-refractivity contribution in [2.24, 2.45) is 5.92 Å². The normalized spacial score (nSPS) is 10.5. The summed E-state index contributed by atoms with van der Waals surface area (Å²) in [5, 5.41) is 9.00. The fourth-order valence-electron chi connectivity index (χ4n) is 2.01. The minimum Gasteiger partial charge on any atom is -0.306 e. The molecular formula is C16H17N3O. The Labute approximate surface area is 118 Å². The van der Waals surface area contributed by atoms with E-state index >= 15 is 0 Å². The number of rotatable bonds is 4. The van der Waals surface area contributed by atoms with Crippen LogP contribution in [0.1, 0.15) is 25.8 Å². The van der Waals surface area contributed by atoms with Crippen molar-refractivity contribution in [1.82, 2.24) is 9.55 Å². The van der Waals surface area contributed by atoms with E-state index in [1.54, 1.807) is 22.9 Å². The Balaban J connectivity index is 2.54. The molecule has 0 aliphatic rings. The second-order valence-corrected chi connectivity index (χ2v) is 5.10. The van der Waals surface area contributed by atoms with Crippen LogP contribution < -0.4 is 5.56 Å². The van der Waals surface area contributed by atoms with E-state index in [2.05, 4.69) is 18.8 Å². The molecule has 0 atom stereocenters. The number of pyridine rings is 2. The Morgan fingerprint density at radius 1 is 1.30 bits per heavy atom. The van der Waals surface area contributed by atoms with Crippen LogP contribution in [0.4, 0.5) is 0 Å². The van der Waals surface area contributed by atoms with E-state index in [1.165, 1.54) is 0 Å². The summed E-state index contributed by atoms with van der Waals surface area (Å²) in [6, 6.07) is 10.9. The van der Waals surface area contributed by atoms with Crippen molar-refractivity contribution in [2.45, 2.75) is 26.8 Å². The van der Waals surface area contributed by atoms with Gasteiger partial charge < -0.3 is 4.57 Å². The van der Waals surface area contributed by atoms with Crippen molar-refractivity contribution < 1.29 is 0 Å². The summed E-state index contributed by atoms with van der Waals surface area (Å²) >= 11 is 0. The van der Waals surface area contributed by atoms with E-state index in [0.29, 0.717) is 12.5 Å². The third-order valence-electron chi connectivity index (χ3n) is 3.15. The molecule has 0 aliphatic heterocycles. The van der Waals surface area contributed by atoms with E-state index in [9.17, 15) is 4.79 Å². The number of nitrogens with zero attached hydrogens (tertiary/aromatic N) is 3. The minimum absolute atomic E-state index is 0.174. The van der Waals surface area contributed by atoms with Crippen molar-refractivity contribution >= 4 is 0 Å². The van der Waals surface area contributed by atoms with Gasteiger partial charge in [0.05, 0.1) is 11.4 Å². The van der Waals surface area contributed by atoms with Gasteiger partial charge in [-0.25, -0.2) is 0 Å². The fourth-order valence-corrected chi connectivity index (χ4v) is 2.01. The number of aromatic nitrogens is 2. The van der Waals surface area contributed by atoms with Gasteiger partial charge in [0.1, 0.15) is 11.6 Å². The topological polar surface area (TPSA) is 58.7 Å². The maximum Gasteiger partial charge on any atom is 0.268 e. The van der Waals surface area contributed by atoms with Crippen molar-refractivity contribution in [3.8, 4) is 17.5 Å². The first-order valence-electron chi connectivity index (χ1n) is 6.69. The van der Waals surface area contributed by atoms with Crippen LogP contribution in [0.5, 0.6) is 0 Å². The number of nitriles is 1. The second kappa shape index (κ2) is 6.16. The molecule has 20 heavy (non-hydrogen) atoms. The average Bonchev–Trinajstić information content (AvgIpc) is 2.46. The van der Waals surface area contributed by atoms with Crippen LogP contribution in [-0.2, 0) is 6.54 Å². The molecule has 2 heterocycles. The standard InChI is InChI=1S/C16H17N3O/c1-12(2)8-10-19-15(14-5-3-4-9-18-14)7-6-13(11-17)16(19)20/h3-7,9,12H,8,10H2,1-2H3. The van der Waals surface area contributed by atoms with Crippen LogP contribution in [0.3, 0.4) is 0 Å². The van der Waals surface area contributed by atoms with Crippen LogP contribution in [0.15, 0.2) is 41.3 Å². The molecule has 0 amide bonds. The van der Waals surface area contributed by atoms with Crippen molar-refractivity contribution in [3.63, 3.8) is 0 Å². The van der Waals surface area contributed by atoms with Crippen molar-refractivity contribution in [3.05, 3.63) is 52.4 Å². The lowest BCUT2D eigenvalue weighted by atomic mass is 10.1. The van der Waals surface area contributed by atoms with Crippen LogP contribution in [0, 0.1) is 17.2 Å². The summed E-state index contributed by atoms with van der Waals surface area (Å²) in [7, 11) is 0. The highest BCUT2D eigenvalue weighted by molar-refractivity contribution is 5.55. The van der Waals surface area contributed by atoms with Crippen molar-refractivity contribution in [1.29, 1.82) is 5.26 Å². The van der Waals surface area contributed by atoms with Gasteiger partial charge in [-0.3, -0.25) is 9.78 Å². The molecule has 2 aromatic rings. The van der Waals surface area contributed by atoms with E-state index in [4.69, 9.17) is 5.26 Å². The molecule has 2 aromatic heterocycles. The SMILES string of the molecule is CC(C)CCn1c(-c2ccccn2)ccc(C#N)c1=O. The summed E-state index contributed by atoms with van der Waals surface area (Å²) in [5.41, 5.74) is 1.44. The maximum absolute atomic E-state index is 12.3. The molecule has 2 rings (SSSR count). The van der Waals surface area contributed by atoms with Gasteiger partial charge in [0, 0.05) is 12.7 Å². The predicted octanol–water partition coefficient (Wildman–Crippen LogP) is 2.83. The third-order valence-corrected chi connectivity index (χ3v) is 3.15. The summed E-state index contributed by atoms with van der Waals surface area (Å²) in [5.74, 6) is 0.490. The molecule has 0 bridgehead atoms. The molecule has 0 saturated carbocycles. The van der Waals surface area contributed by atoms with Crippen LogP contribution >= 0.6 is 0 Å². The minimum atomic E-state index is -0.240. The summed E-state index contributed by atoms with van der Waals surface area (Å²) in [4.78, 5) is 16.6. The first kappa shape index (κ1) is 14.0. The van der Waals surface area contributed by atoms with E-state index in [1.807, 2.05) is 24.3 Å². The number of hydrogen-bond acceptors (Lipinski definition) is 3. The molecule has 102 valence electrons. The Morgan fingerprint density at radius 2 is 2.10 bits per heavy atom. The van der Waals surface area contributed by atoms with Gasteiger partial charge in [0.25, 0.3) is 5.56 Å². The molecule has 0 radical (unpaired) electrons. The zero-order valence-electron chi connectivity index (χ0n) is 11.7. The largest absolute Gasteiger partial charge is 0.306 e. The monoisotopic (exact) mass is 267 g/mol. The first-order valence-corrected chi connectivity index (χ1v) is 6.69. The quantitative estimate of drug-likeness (QED) is 0.855. The number of hydrogen-bond donors (Lipinski definition) is 0. The lowest BCUT2D eigenvalue weighted by Crippen LogP contribution is -2.25. The Hall–Kier alpha value is -2.41. The fraction of sp³-hybridized carbons (Fsp3) is 0.312. The molecule has 4 nitrogen and oxygen atoms in total. The smallest absolute Gasteiger partial charge is 0.268 e. The zero-order chi connectivity index (χ0) is 14.5. The van der Waals surface area contributed by atoms with Gasteiger partial charge >= 0.3 is 0 Å². The zero-order valence-corrected chi connectivity index (χ0v) is 11.7. The Morgan fingerprint density at radius 3 is 2.70 bits per heavy atom. The van der Waals surface area contributed by atoms with Gasteiger partial charge in [0.2, 0.25) is 0 Å².